The molecule has 78 valence electrons. The molecule has 0 saturated carbocycles. The maximum absolute atomic E-state index is 2.36. The molecule has 0 aromatic rings. The first-order valence-corrected chi connectivity index (χ1v) is 5.64. The molecule has 13 heavy (non-hydrogen) atoms. The molecule has 0 aliphatic heterocycles. The van der Waals surface area contributed by atoms with Crippen LogP contribution in [0.5, 0.6) is 0 Å². The van der Waals surface area contributed by atoms with E-state index in [1.807, 2.05) is 0 Å². The summed E-state index contributed by atoms with van der Waals surface area (Å²) >= 11 is 0. The Morgan fingerprint density at radius 2 is 1.62 bits per heavy atom. The third kappa shape index (κ3) is 5.13. The van der Waals surface area contributed by atoms with Crippen molar-refractivity contribution in [3.63, 3.8) is 0 Å². The van der Waals surface area contributed by atoms with Crippen LogP contribution in [0, 0.1) is 17.8 Å². The van der Waals surface area contributed by atoms with Crippen molar-refractivity contribution in [2.45, 2.75) is 54.4 Å². The van der Waals surface area contributed by atoms with Gasteiger partial charge in [0.25, 0.3) is 0 Å². The van der Waals surface area contributed by atoms with E-state index in [0.29, 0.717) is 0 Å². The van der Waals surface area contributed by atoms with E-state index in [9.17, 15) is 0 Å². The highest BCUT2D eigenvalue weighted by Crippen LogP contribution is 2.22. The molecule has 0 spiro atoms. The average Bonchev–Trinajstić information content (AvgIpc) is 2.04. The Morgan fingerprint density at radius 3 is 1.92 bits per heavy atom. The Hall–Kier alpha value is -0.260. The Bertz CT molecular complexity index is 151. The highest BCUT2D eigenvalue weighted by Gasteiger charge is 2.09. The Balaban J connectivity index is 3.87. The summed E-state index contributed by atoms with van der Waals surface area (Å²) < 4.78 is 0. The maximum Gasteiger partial charge on any atom is -0.0260 e. The molecule has 0 aromatic carbocycles. The van der Waals surface area contributed by atoms with Gasteiger partial charge in [0.2, 0.25) is 0 Å². The molecule has 0 aliphatic rings. The molecular formula is C13H26. The smallest absolute Gasteiger partial charge is 0.0260 e. The summed E-state index contributed by atoms with van der Waals surface area (Å²) in [6, 6.07) is 0. The Morgan fingerprint density at radius 1 is 1.08 bits per heavy atom. The van der Waals surface area contributed by atoms with E-state index in [4.69, 9.17) is 0 Å². The summed E-state index contributed by atoms with van der Waals surface area (Å²) in [6.45, 7) is 13.7. The summed E-state index contributed by atoms with van der Waals surface area (Å²) in [4.78, 5) is 0. The summed E-state index contributed by atoms with van der Waals surface area (Å²) in [7, 11) is 0. The van der Waals surface area contributed by atoms with E-state index >= 15 is 0 Å². The van der Waals surface area contributed by atoms with Crippen LogP contribution in [0.3, 0.4) is 0 Å². The van der Waals surface area contributed by atoms with E-state index in [-0.39, 0.29) is 0 Å². The van der Waals surface area contributed by atoms with Crippen molar-refractivity contribution in [1.29, 1.82) is 0 Å². The van der Waals surface area contributed by atoms with Gasteiger partial charge >= 0.3 is 0 Å². The van der Waals surface area contributed by atoms with Crippen LogP contribution in [-0.2, 0) is 0 Å². The molecule has 1 atom stereocenters. The van der Waals surface area contributed by atoms with E-state index in [0.717, 1.165) is 17.8 Å². The third-order valence-electron chi connectivity index (χ3n) is 3.14. The Kier molecular flexibility index (Phi) is 6.11. The first-order chi connectivity index (χ1) is 5.99. The van der Waals surface area contributed by atoms with Gasteiger partial charge < -0.3 is 0 Å². The minimum absolute atomic E-state index is 0.726. The third-order valence-corrected chi connectivity index (χ3v) is 3.14. The summed E-state index contributed by atoms with van der Waals surface area (Å²) in [6.07, 6.45) is 4.92. The van der Waals surface area contributed by atoms with Crippen LogP contribution in [0.4, 0.5) is 0 Å². The maximum atomic E-state index is 2.36. The van der Waals surface area contributed by atoms with Crippen molar-refractivity contribution in [2.24, 2.45) is 17.8 Å². The molecule has 0 aliphatic carbocycles. The van der Waals surface area contributed by atoms with Crippen LogP contribution in [0.2, 0.25) is 0 Å². The van der Waals surface area contributed by atoms with Crippen LogP contribution in [0.15, 0.2) is 11.6 Å². The van der Waals surface area contributed by atoms with Gasteiger partial charge in [-0.05, 0) is 37.5 Å². The first-order valence-electron chi connectivity index (χ1n) is 5.64. The van der Waals surface area contributed by atoms with E-state index in [2.05, 4.69) is 47.6 Å². The van der Waals surface area contributed by atoms with E-state index in [1.54, 1.807) is 5.57 Å². The lowest BCUT2D eigenvalue weighted by atomic mass is 9.88. The molecule has 0 heterocycles. The topological polar surface area (TPSA) is 0 Å². The molecule has 1 unspecified atom stereocenters. The lowest BCUT2D eigenvalue weighted by Crippen LogP contribution is -2.05. The molecular weight excluding hydrogens is 156 g/mol. The normalized spacial score (nSPS) is 15.5. The van der Waals surface area contributed by atoms with Gasteiger partial charge in [0.05, 0.1) is 0 Å². The number of allylic oxidation sites excluding steroid dienone is 2. The van der Waals surface area contributed by atoms with Crippen LogP contribution in [-0.4, -0.2) is 0 Å². The molecule has 0 heteroatoms. The summed E-state index contributed by atoms with van der Waals surface area (Å²) in [5.41, 5.74) is 1.62. The van der Waals surface area contributed by atoms with Gasteiger partial charge in [0.15, 0.2) is 0 Å². The predicted molar refractivity (Wildman–Crippen MR) is 61.8 cm³/mol. The zero-order valence-electron chi connectivity index (χ0n) is 10.2. The van der Waals surface area contributed by atoms with Crippen molar-refractivity contribution in [3.8, 4) is 0 Å². The second-order valence-corrected chi connectivity index (χ2v) is 4.78. The van der Waals surface area contributed by atoms with Crippen molar-refractivity contribution in [3.05, 3.63) is 11.6 Å². The molecule has 0 fully saturated rings. The standard InChI is InChI=1S/C13H26/c1-7-13(11(4)5)9-8-12(6)10(2)3/h7,10-12H,8-9H2,1-6H3/b13-7-. The van der Waals surface area contributed by atoms with Gasteiger partial charge in [-0.15, -0.1) is 0 Å². The second kappa shape index (κ2) is 6.23. The lowest BCUT2D eigenvalue weighted by Gasteiger charge is -2.17. The van der Waals surface area contributed by atoms with Crippen LogP contribution in [0.1, 0.15) is 54.4 Å². The van der Waals surface area contributed by atoms with Gasteiger partial charge in [-0.1, -0.05) is 46.3 Å². The monoisotopic (exact) mass is 182 g/mol. The predicted octanol–water partition coefficient (Wildman–Crippen LogP) is 4.66. The minimum atomic E-state index is 0.726. The Labute approximate surface area is 84.4 Å². The second-order valence-electron chi connectivity index (χ2n) is 4.78. The molecule has 0 bridgehead atoms. The largest absolute Gasteiger partial charge is 0.0882 e. The highest BCUT2D eigenvalue weighted by molar-refractivity contribution is 5.03. The molecule has 0 N–H and O–H groups in total. The first kappa shape index (κ1) is 12.7. The van der Waals surface area contributed by atoms with Gasteiger partial charge in [0.1, 0.15) is 0 Å². The zero-order chi connectivity index (χ0) is 10.4. The fraction of sp³-hybridized carbons (Fsp3) is 0.846. The summed E-state index contributed by atoms with van der Waals surface area (Å²) in [5, 5.41) is 0. The van der Waals surface area contributed by atoms with Gasteiger partial charge in [0, 0.05) is 0 Å². The van der Waals surface area contributed by atoms with Gasteiger partial charge in [-0.3, -0.25) is 0 Å². The zero-order valence-corrected chi connectivity index (χ0v) is 10.2. The van der Waals surface area contributed by atoms with Crippen molar-refractivity contribution < 1.29 is 0 Å². The van der Waals surface area contributed by atoms with Crippen LogP contribution in [0.25, 0.3) is 0 Å². The fourth-order valence-corrected chi connectivity index (χ4v) is 1.49. The van der Waals surface area contributed by atoms with E-state index < -0.39 is 0 Å². The van der Waals surface area contributed by atoms with Crippen LogP contribution >= 0.6 is 0 Å². The average molecular weight is 182 g/mol. The molecule has 0 amide bonds. The molecule has 0 saturated heterocycles. The fourth-order valence-electron chi connectivity index (χ4n) is 1.49. The number of hydrogen-bond acceptors (Lipinski definition) is 0. The van der Waals surface area contributed by atoms with Gasteiger partial charge in [-0.2, -0.15) is 0 Å². The molecule has 0 rings (SSSR count). The van der Waals surface area contributed by atoms with E-state index in [1.165, 1.54) is 12.8 Å². The SMILES string of the molecule is C/C=C(/CCC(C)C(C)C)C(C)C. The van der Waals surface area contributed by atoms with Crippen molar-refractivity contribution in [2.75, 3.05) is 0 Å². The molecule has 0 radical (unpaired) electrons. The number of rotatable bonds is 5. The molecule has 0 aromatic heterocycles. The lowest BCUT2D eigenvalue weighted by molar-refractivity contribution is 0.388. The summed E-state index contributed by atoms with van der Waals surface area (Å²) in [5.74, 6) is 2.41. The van der Waals surface area contributed by atoms with Crippen molar-refractivity contribution in [1.82, 2.24) is 0 Å². The molecule has 0 nitrogen and oxygen atoms in total. The minimum Gasteiger partial charge on any atom is -0.0882 e. The number of hydrogen-bond donors (Lipinski definition) is 0. The van der Waals surface area contributed by atoms with Gasteiger partial charge in [-0.25, -0.2) is 0 Å². The highest BCUT2D eigenvalue weighted by atomic mass is 14.1. The quantitative estimate of drug-likeness (QED) is 0.542. The van der Waals surface area contributed by atoms with Crippen LogP contribution < -0.4 is 0 Å². The van der Waals surface area contributed by atoms with Crippen molar-refractivity contribution >= 4 is 0 Å².